The third-order valence-electron chi connectivity index (χ3n) is 2.98. The summed E-state index contributed by atoms with van der Waals surface area (Å²) >= 11 is 5.33. The van der Waals surface area contributed by atoms with E-state index in [1.165, 1.54) is 6.42 Å². The van der Waals surface area contributed by atoms with Gasteiger partial charge in [-0.15, -0.1) is 0 Å². The van der Waals surface area contributed by atoms with E-state index in [9.17, 15) is 0 Å². The van der Waals surface area contributed by atoms with Crippen molar-refractivity contribution in [2.24, 2.45) is 11.8 Å². The Balaban J connectivity index is 2.30. The zero-order valence-corrected chi connectivity index (χ0v) is 10.4. The minimum absolute atomic E-state index is 0.786. The van der Waals surface area contributed by atoms with Crippen LogP contribution in [-0.2, 0) is 0 Å². The maximum absolute atomic E-state index is 5.33. The number of nitrogens with one attached hydrogen (secondary N) is 1. The molecule has 0 radical (unpaired) electrons. The van der Waals surface area contributed by atoms with Gasteiger partial charge in [0, 0.05) is 19.6 Å². The number of thiocarbonyl (C=S) groups is 1. The van der Waals surface area contributed by atoms with Crippen LogP contribution in [-0.4, -0.2) is 29.6 Å². The summed E-state index contributed by atoms with van der Waals surface area (Å²) in [6.45, 7) is 10.1. The molecule has 0 aliphatic carbocycles. The van der Waals surface area contributed by atoms with Gasteiger partial charge in [-0.25, -0.2) is 0 Å². The molecule has 1 fully saturated rings. The highest BCUT2D eigenvalue weighted by Crippen LogP contribution is 2.23. The van der Waals surface area contributed by atoms with E-state index in [1.807, 2.05) is 0 Å². The predicted octanol–water partition coefficient (Wildman–Crippen LogP) is 2.25. The molecule has 3 heteroatoms. The number of hydrogen-bond acceptors (Lipinski definition) is 1. The minimum Gasteiger partial charge on any atom is -0.363 e. The highest BCUT2D eigenvalue weighted by atomic mass is 32.1. The molecule has 14 heavy (non-hydrogen) atoms. The van der Waals surface area contributed by atoms with Gasteiger partial charge in [0.2, 0.25) is 0 Å². The fraction of sp³-hybridized carbons (Fsp3) is 0.909. The van der Waals surface area contributed by atoms with Crippen LogP contribution < -0.4 is 5.32 Å². The molecule has 0 aromatic heterocycles. The fourth-order valence-electron chi connectivity index (χ4n) is 1.86. The van der Waals surface area contributed by atoms with Gasteiger partial charge in [0.1, 0.15) is 0 Å². The Labute approximate surface area is 93.1 Å². The molecule has 0 saturated carbocycles. The molecular formula is C11H22N2S. The molecule has 1 aliphatic rings. The molecule has 1 N–H and O–H groups in total. The zero-order valence-electron chi connectivity index (χ0n) is 9.55. The first-order valence-corrected chi connectivity index (χ1v) is 6.08. The largest absolute Gasteiger partial charge is 0.363 e. The predicted molar refractivity (Wildman–Crippen MR) is 65.4 cm³/mol. The molecule has 0 bridgehead atoms. The first-order valence-electron chi connectivity index (χ1n) is 5.68. The first-order chi connectivity index (χ1) is 6.65. The van der Waals surface area contributed by atoms with E-state index in [0.29, 0.717) is 0 Å². The van der Waals surface area contributed by atoms with Crippen LogP contribution in [0.3, 0.4) is 0 Å². The summed E-state index contributed by atoms with van der Waals surface area (Å²) in [5.41, 5.74) is 0. The molecule has 0 aromatic carbocycles. The second-order valence-electron chi connectivity index (χ2n) is 4.47. The fourth-order valence-corrected chi connectivity index (χ4v) is 2.13. The van der Waals surface area contributed by atoms with Crippen LogP contribution in [0.2, 0.25) is 0 Å². The molecule has 1 rings (SSSR count). The van der Waals surface area contributed by atoms with Crippen molar-refractivity contribution in [3.05, 3.63) is 0 Å². The van der Waals surface area contributed by atoms with Gasteiger partial charge >= 0.3 is 0 Å². The lowest BCUT2D eigenvalue weighted by molar-refractivity contribution is 0.387. The Bertz CT molecular complexity index is 192. The zero-order chi connectivity index (χ0) is 10.6. The summed E-state index contributed by atoms with van der Waals surface area (Å²) in [7, 11) is 0. The second-order valence-corrected chi connectivity index (χ2v) is 4.86. The summed E-state index contributed by atoms with van der Waals surface area (Å²) in [4.78, 5) is 2.32. The van der Waals surface area contributed by atoms with Crippen molar-refractivity contribution in [3.63, 3.8) is 0 Å². The van der Waals surface area contributed by atoms with Gasteiger partial charge in [0.15, 0.2) is 5.11 Å². The van der Waals surface area contributed by atoms with Crippen LogP contribution in [0.5, 0.6) is 0 Å². The van der Waals surface area contributed by atoms with Crippen molar-refractivity contribution in [3.8, 4) is 0 Å². The van der Waals surface area contributed by atoms with Gasteiger partial charge in [0.05, 0.1) is 0 Å². The molecule has 1 heterocycles. The van der Waals surface area contributed by atoms with Gasteiger partial charge in [-0.1, -0.05) is 20.8 Å². The molecule has 1 saturated heterocycles. The van der Waals surface area contributed by atoms with E-state index >= 15 is 0 Å². The Hall–Kier alpha value is -0.310. The Morgan fingerprint density at radius 2 is 2.29 bits per heavy atom. The summed E-state index contributed by atoms with van der Waals surface area (Å²) in [6, 6.07) is 0. The van der Waals surface area contributed by atoms with Gasteiger partial charge in [-0.2, -0.15) is 0 Å². The lowest BCUT2D eigenvalue weighted by atomic mass is 9.95. The van der Waals surface area contributed by atoms with E-state index in [-0.39, 0.29) is 0 Å². The van der Waals surface area contributed by atoms with Crippen LogP contribution in [0.15, 0.2) is 0 Å². The molecule has 0 amide bonds. The normalized spacial score (nSPS) is 21.7. The van der Waals surface area contributed by atoms with Crippen LogP contribution >= 0.6 is 12.2 Å². The molecule has 1 aliphatic heterocycles. The number of hydrogen-bond donors (Lipinski definition) is 1. The standard InChI is InChI=1S/C11H22N2S/c1-4-6-12-11(14)13-7-5-10(8-13)9(2)3/h9-10H,4-8H2,1-3H3,(H,12,14). The van der Waals surface area contributed by atoms with Crippen molar-refractivity contribution in [1.29, 1.82) is 0 Å². The quantitative estimate of drug-likeness (QED) is 0.725. The molecule has 1 atom stereocenters. The monoisotopic (exact) mass is 214 g/mol. The summed E-state index contributed by atoms with van der Waals surface area (Å²) in [5.74, 6) is 1.62. The van der Waals surface area contributed by atoms with Crippen molar-refractivity contribution in [2.75, 3.05) is 19.6 Å². The van der Waals surface area contributed by atoms with Gasteiger partial charge in [-0.3, -0.25) is 0 Å². The van der Waals surface area contributed by atoms with E-state index in [4.69, 9.17) is 12.2 Å². The molecule has 0 spiro atoms. The first kappa shape index (κ1) is 11.8. The lowest BCUT2D eigenvalue weighted by Gasteiger charge is -2.21. The van der Waals surface area contributed by atoms with E-state index in [2.05, 4.69) is 31.0 Å². The van der Waals surface area contributed by atoms with Crippen molar-refractivity contribution in [2.45, 2.75) is 33.6 Å². The SMILES string of the molecule is CCCNC(=S)N1CCC(C(C)C)C1. The van der Waals surface area contributed by atoms with Gasteiger partial charge in [0.25, 0.3) is 0 Å². The van der Waals surface area contributed by atoms with Crippen molar-refractivity contribution in [1.82, 2.24) is 10.2 Å². The highest BCUT2D eigenvalue weighted by Gasteiger charge is 2.25. The number of rotatable bonds is 3. The maximum atomic E-state index is 5.33. The summed E-state index contributed by atoms with van der Waals surface area (Å²) < 4.78 is 0. The molecule has 82 valence electrons. The van der Waals surface area contributed by atoms with E-state index < -0.39 is 0 Å². The Morgan fingerprint density at radius 1 is 1.57 bits per heavy atom. The minimum atomic E-state index is 0.786. The van der Waals surface area contributed by atoms with Crippen LogP contribution in [0.25, 0.3) is 0 Å². The summed E-state index contributed by atoms with van der Waals surface area (Å²) in [5, 5.41) is 4.24. The van der Waals surface area contributed by atoms with Crippen LogP contribution in [0, 0.1) is 11.8 Å². The average Bonchev–Trinajstić information content (AvgIpc) is 2.62. The van der Waals surface area contributed by atoms with Crippen LogP contribution in [0.4, 0.5) is 0 Å². The van der Waals surface area contributed by atoms with E-state index in [1.54, 1.807) is 0 Å². The Morgan fingerprint density at radius 3 is 2.79 bits per heavy atom. The maximum Gasteiger partial charge on any atom is 0.168 e. The number of nitrogens with zero attached hydrogens (tertiary/aromatic N) is 1. The Kier molecular flexibility index (Phi) is 4.66. The van der Waals surface area contributed by atoms with Gasteiger partial charge in [-0.05, 0) is 36.9 Å². The number of likely N-dealkylation sites (tertiary alicyclic amines) is 1. The van der Waals surface area contributed by atoms with Crippen molar-refractivity contribution < 1.29 is 0 Å². The third kappa shape index (κ3) is 3.12. The van der Waals surface area contributed by atoms with Gasteiger partial charge < -0.3 is 10.2 Å². The van der Waals surface area contributed by atoms with E-state index in [0.717, 1.165) is 43.0 Å². The molecule has 1 unspecified atom stereocenters. The summed E-state index contributed by atoms with van der Waals surface area (Å²) in [6.07, 6.45) is 2.44. The molecule has 2 nitrogen and oxygen atoms in total. The smallest absolute Gasteiger partial charge is 0.168 e. The average molecular weight is 214 g/mol. The molecule has 0 aromatic rings. The van der Waals surface area contributed by atoms with Crippen molar-refractivity contribution >= 4 is 17.3 Å². The second kappa shape index (κ2) is 5.54. The molecular weight excluding hydrogens is 192 g/mol. The topological polar surface area (TPSA) is 15.3 Å². The highest BCUT2D eigenvalue weighted by molar-refractivity contribution is 7.80. The van der Waals surface area contributed by atoms with Crippen LogP contribution in [0.1, 0.15) is 33.6 Å². The third-order valence-corrected chi connectivity index (χ3v) is 3.38. The lowest BCUT2D eigenvalue weighted by Crippen LogP contribution is -2.38.